The van der Waals surface area contributed by atoms with E-state index in [1.54, 1.807) is 13.3 Å². The number of aryl methyl sites for hydroxylation is 1. The number of para-hydroxylation sites is 1. The molecule has 0 saturated carbocycles. The van der Waals surface area contributed by atoms with Crippen molar-refractivity contribution in [3.63, 3.8) is 0 Å². The summed E-state index contributed by atoms with van der Waals surface area (Å²) < 4.78 is 12.7. The molecule has 21 heavy (non-hydrogen) atoms. The number of rotatable bonds is 5. The van der Waals surface area contributed by atoms with Gasteiger partial charge in [0.25, 0.3) is 5.89 Å². The summed E-state index contributed by atoms with van der Waals surface area (Å²) in [5.41, 5.74) is 1.01. The largest absolute Gasteiger partial charge is 0.496 e. The van der Waals surface area contributed by atoms with Gasteiger partial charge in [0, 0.05) is 31.5 Å². The molecule has 0 saturated heterocycles. The molecular weight excluding hydrogens is 270 g/mol. The normalized spacial score (nSPS) is 10.6. The Morgan fingerprint density at radius 1 is 1.29 bits per heavy atom. The van der Waals surface area contributed by atoms with Crippen LogP contribution in [0.3, 0.4) is 0 Å². The van der Waals surface area contributed by atoms with Crippen LogP contribution in [0.5, 0.6) is 5.75 Å². The van der Waals surface area contributed by atoms with Crippen LogP contribution in [0.25, 0.3) is 11.7 Å². The third-order valence-corrected chi connectivity index (χ3v) is 3.06. The van der Waals surface area contributed by atoms with Gasteiger partial charge in [-0.1, -0.05) is 23.3 Å². The lowest BCUT2D eigenvalue weighted by Crippen LogP contribution is -2.01. The van der Waals surface area contributed by atoms with Crippen LogP contribution in [0, 0.1) is 0 Å². The highest BCUT2D eigenvalue weighted by Crippen LogP contribution is 2.20. The third kappa shape index (κ3) is 2.71. The van der Waals surface area contributed by atoms with Crippen LogP contribution in [0.2, 0.25) is 0 Å². The van der Waals surface area contributed by atoms with Crippen LogP contribution >= 0.6 is 0 Å². The SMILES string of the molecule is COc1ccccc1CNc1nnc(-c2nccn2C)o1. The first-order chi connectivity index (χ1) is 10.3. The molecular formula is C14H15N5O2. The molecule has 0 aliphatic heterocycles. The first-order valence-corrected chi connectivity index (χ1v) is 6.45. The number of hydrogen-bond acceptors (Lipinski definition) is 6. The minimum absolute atomic E-state index is 0.346. The van der Waals surface area contributed by atoms with E-state index >= 15 is 0 Å². The van der Waals surface area contributed by atoms with Crippen molar-refractivity contribution in [1.82, 2.24) is 19.7 Å². The quantitative estimate of drug-likeness (QED) is 0.773. The van der Waals surface area contributed by atoms with Crippen LogP contribution < -0.4 is 10.1 Å². The van der Waals surface area contributed by atoms with Crippen molar-refractivity contribution in [2.75, 3.05) is 12.4 Å². The molecule has 0 radical (unpaired) electrons. The molecule has 0 unspecified atom stereocenters. The molecule has 0 spiro atoms. The smallest absolute Gasteiger partial charge is 0.316 e. The lowest BCUT2D eigenvalue weighted by atomic mass is 10.2. The Hall–Kier alpha value is -2.83. The van der Waals surface area contributed by atoms with E-state index in [1.807, 2.05) is 42.1 Å². The van der Waals surface area contributed by atoms with Crippen molar-refractivity contribution in [2.24, 2.45) is 7.05 Å². The Balaban J connectivity index is 1.72. The average molecular weight is 285 g/mol. The topological polar surface area (TPSA) is 78.0 Å². The first-order valence-electron chi connectivity index (χ1n) is 6.45. The molecule has 1 N–H and O–H groups in total. The van der Waals surface area contributed by atoms with E-state index in [0.717, 1.165) is 11.3 Å². The predicted molar refractivity (Wildman–Crippen MR) is 76.8 cm³/mol. The Kier molecular flexibility index (Phi) is 3.55. The second-order valence-corrected chi connectivity index (χ2v) is 4.44. The average Bonchev–Trinajstić information content (AvgIpc) is 3.14. The number of nitrogens with one attached hydrogen (secondary N) is 1. The number of aromatic nitrogens is 4. The molecule has 0 amide bonds. The summed E-state index contributed by atoms with van der Waals surface area (Å²) in [5, 5.41) is 11.0. The van der Waals surface area contributed by atoms with Gasteiger partial charge in [-0.3, -0.25) is 0 Å². The number of anilines is 1. The molecule has 3 rings (SSSR count). The van der Waals surface area contributed by atoms with Crippen LogP contribution in [0.15, 0.2) is 41.1 Å². The minimum Gasteiger partial charge on any atom is -0.496 e. The first kappa shape index (κ1) is 13.2. The van der Waals surface area contributed by atoms with Crippen molar-refractivity contribution >= 4 is 6.01 Å². The standard InChI is InChI=1S/C14H15N5O2/c1-19-8-7-15-12(19)13-17-18-14(21-13)16-9-10-5-3-4-6-11(10)20-2/h3-8H,9H2,1-2H3,(H,16,18). The number of methoxy groups -OCH3 is 1. The highest BCUT2D eigenvalue weighted by molar-refractivity contribution is 5.42. The number of imidazole rings is 1. The summed E-state index contributed by atoms with van der Waals surface area (Å²) in [7, 11) is 3.51. The molecule has 1 aromatic carbocycles. The van der Waals surface area contributed by atoms with Gasteiger partial charge in [-0.25, -0.2) is 4.98 Å². The van der Waals surface area contributed by atoms with E-state index in [0.29, 0.717) is 24.3 Å². The number of ether oxygens (including phenoxy) is 1. The maximum atomic E-state index is 5.55. The molecule has 0 aliphatic rings. The van der Waals surface area contributed by atoms with Crippen molar-refractivity contribution in [3.05, 3.63) is 42.2 Å². The number of benzene rings is 1. The molecule has 7 nitrogen and oxygen atoms in total. The maximum absolute atomic E-state index is 5.55. The van der Waals surface area contributed by atoms with Gasteiger partial charge in [0.2, 0.25) is 0 Å². The molecule has 0 fully saturated rings. The van der Waals surface area contributed by atoms with E-state index in [1.165, 1.54) is 0 Å². The van der Waals surface area contributed by atoms with E-state index in [-0.39, 0.29) is 0 Å². The fourth-order valence-electron chi connectivity index (χ4n) is 1.98. The fraction of sp³-hybridized carbons (Fsp3) is 0.214. The maximum Gasteiger partial charge on any atom is 0.316 e. The highest BCUT2D eigenvalue weighted by atomic mass is 16.5. The summed E-state index contributed by atoms with van der Waals surface area (Å²) in [6.45, 7) is 0.534. The molecule has 0 aliphatic carbocycles. The van der Waals surface area contributed by atoms with E-state index in [2.05, 4.69) is 20.5 Å². The zero-order chi connectivity index (χ0) is 14.7. The Morgan fingerprint density at radius 2 is 2.14 bits per heavy atom. The molecule has 0 atom stereocenters. The van der Waals surface area contributed by atoms with Gasteiger partial charge in [-0.15, -0.1) is 5.10 Å². The Labute approximate surface area is 121 Å². The third-order valence-electron chi connectivity index (χ3n) is 3.06. The zero-order valence-corrected chi connectivity index (χ0v) is 11.8. The predicted octanol–water partition coefficient (Wildman–Crippen LogP) is 2.09. The van der Waals surface area contributed by atoms with Crippen LogP contribution in [-0.2, 0) is 13.6 Å². The summed E-state index contributed by atoms with van der Waals surface area (Å²) in [6, 6.07) is 8.10. The second-order valence-electron chi connectivity index (χ2n) is 4.44. The van der Waals surface area contributed by atoms with E-state index in [4.69, 9.17) is 9.15 Å². The van der Waals surface area contributed by atoms with E-state index < -0.39 is 0 Å². The monoisotopic (exact) mass is 285 g/mol. The molecule has 0 bridgehead atoms. The Morgan fingerprint density at radius 3 is 2.90 bits per heavy atom. The van der Waals surface area contributed by atoms with Gasteiger partial charge < -0.3 is 19.0 Å². The number of hydrogen-bond donors (Lipinski definition) is 1. The van der Waals surface area contributed by atoms with Gasteiger partial charge in [0.1, 0.15) is 5.75 Å². The fourth-order valence-corrected chi connectivity index (χ4v) is 1.98. The van der Waals surface area contributed by atoms with Crippen molar-refractivity contribution in [3.8, 4) is 17.5 Å². The zero-order valence-electron chi connectivity index (χ0n) is 11.8. The van der Waals surface area contributed by atoms with Crippen molar-refractivity contribution in [2.45, 2.75) is 6.54 Å². The molecule has 3 aromatic rings. The van der Waals surface area contributed by atoms with Gasteiger partial charge in [-0.05, 0) is 6.07 Å². The minimum atomic E-state index is 0.346. The van der Waals surface area contributed by atoms with Crippen LogP contribution in [0.1, 0.15) is 5.56 Å². The molecule has 7 heteroatoms. The van der Waals surface area contributed by atoms with Crippen LogP contribution in [0.4, 0.5) is 6.01 Å². The number of nitrogens with zero attached hydrogens (tertiary/aromatic N) is 4. The van der Waals surface area contributed by atoms with Gasteiger partial charge in [0.05, 0.1) is 7.11 Å². The Bertz CT molecular complexity index is 734. The lowest BCUT2D eigenvalue weighted by molar-refractivity contribution is 0.410. The van der Waals surface area contributed by atoms with Crippen molar-refractivity contribution < 1.29 is 9.15 Å². The van der Waals surface area contributed by atoms with Gasteiger partial charge in [0.15, 0.2) is 5.82 Å². The van der Waals surface area contributed by atoms with Gasteiger partial charge >= 0.3 is 6.01 Å². The lowest BCUT2D eigenvalue weighted by Gasteiger charge is -2.07. The highest BCUT2D eigenvalue weighted by Gasteiger charge is 2.12. The van der Waals surface area contributed by atoms with Crippen LogP contribution in [-0.4, -0.2) is 26.9 Å². The molecule has 2 aromatic heterocycles. The second kappa shape index (κ2) is 5.66. The summed E-state index contributed by atoms with van der Waals surface area (Å²) >= 11 is 0. The summed E-state index contributed by atoms with van der Waals surface area (Å²) in [4.78, 5) is 4.16. The summed E-state index contributed by atoms with van der Waals surface area (Å²) in [6.07, 6.45) is 3.50. The van der Waals surface area contributed by atoms with Gasteiger partial charge in [-0.2, -0.15) is 0 Å². The van der Waals surface area contributed by atoms with Crippen molar-refractivity contribution in [1.29, 1.82) is 0 Å². The van der Waals surface area contributed by atoms with E-state index in [9.17, 15) is 0 Å². The molecule has 108 valence electrons. The molecule has 2 heterocycles. The summed E-state index contributed by atoms with van der Waals surface area (Å²) in [5.74, 6) is 1.83.